The summed E-state index contributed by atoms with van der Waals surface area (Å²) in [5.74, 6) is -1.76. The predicted molar refractivity (Wildman–Crippen MR) is 153 cm³/mol. The number of nitrogens with zero attached hydrogens (tertiary/aromatic N) is 5. The number of nitrogens with one attached hydrogen (secondary N) is 1. The minimum Gasteiger partial charge on any atom is -0.477 e. The Bertz CT molecular complexity index is 1570. The number of alkyl halides is 3. The number of anilines is 2. The van der Waals surface area contributed by atoms with E-state index in [-0.39, 0.29) is 28.7 Å². The Labute approximate surface area is 245 Å². The smallest absolute Gasteiger partial charge is 0.419 e. The Balaban J connectivity index is 1.35. The summed E-state index contributed by atoms with van der Waals surface area (Å²) in [7, 11) is 0. The molecule has 0 aliphatic carbocycles. The molecule has 4 N–H and O–H groups in total. The van der Waals surface area contributed by atoms with Gasteiger partial charge < -0.3 is 25.6 Å². The Morgan fingerprint density at radius 3 is 2.51 bits per heavy atom. The Hall–Kier alpha value is -4.52. The van der Waals surface area contributed by atoms with Crippen LogP contribution in [0.3, 0.4) is 0 Å². The number of halogens is 4. The van der Waals surface area contributed by atoms with Gasteiger partial charge in [-0.25, -0.2) is 24.1 Å². The summed E-state index contributed by atoms with van der Waals surface area (Å²) >= 11 is 0. The number of hydrogen-bond donors (Lipinski definition) is 3. The molecule has 1 aliphatic heterocycles. The minimum absolute atomic E-state index is 0.0516. The van der Waals surface area contributed by atoms with Crippen molar-refractivity contribution in [3.05, 3.63) is 89.4 Å². The molecule has 0 unspecified atom stereocenters. The lowest BCUT2D eigenvalue weighted by Gasteiger charge is -2.33. The predicted octanol–water partition coefficient (Wildman–Crippen LogP) is 4.99. The van der Waals surface area contributed by atoms with Gasteiger partial charge in [0.15, 0.2) is 0 Å². The number of benzene rings is 2. The lowest BCUT2D eigenvalue weighted by atomic mass is 9.95. The second-order valence-electron chi connectivity index (χ2n) is 10.4. The van der Waals surface area contributed by atoms with Gasteiger partial charge in [-0.05, 0) is 49.6 Å². The zero-order valence-corrected chi connectivity index (χ0v) is 23.2. The largest absolute Gasteiger partial charge is 0.477 e. The van der Waals surface area contributed by atoms with Crippen molar-refractivity contribution in [2.75, 3.05) is 36.8 Å². The van der Waals surface area contributed by atoms with Gasteiger partial charge in [0.1, 0.15) is 35.2 Å². The molecule has 0 atom stereocenters. The van der Waals surface area contributed by atoms with Crippen LogP contribution >= 0.6 is 0 Å². The highest BCUT2D eigenvalue weighted by atomic mass is 19.4. The van der Waals surface area contributed by atoms with Gasteiger partial charge in [0.2, 0.25) is 0 Å². The minimum atomic E-state index is -4.83. The van der Waals surface area contributed by atoms with E-state index in [0.717, 1.165) is 25.1 Å². The van der Waals surface area contributed by atoms with Crippen LogP contribution in [0.4, 0.5) is 29.2 Å². The summed E-state index contributed by atoms with van der Waals surface area (Å²) in [5, 5.41) is 13.0. The number of imidazole rings is 1. The maximum atomic E-state index is 14.0. The third-order valence-corrected chi connectivity index (χ3v) is 7.57. The van der Waals surface area contributed by atoms with Crippen molar-refractivity contribution in [1.29, 1.82) is 0 Å². The number of aromatic nitrogens is 4. The summed E-state index contributed by atoms with van der Waals surface area (Å²) in [6.07, 6.45) is 0.145. The molecule has 2 aromatic carbocycles. The highest BCUT2D eigenvalue weighted by molar-refractivity contribution is 5.98. The van der Waals surface area contributed by atoms with E-state index in [1.54, 1.807) is 6.20 Å². The van der Waals surface area contributed by atoms with Crippen molar-refractivity contribution >= 4 is 17.6 Å². The third kappa shape index (κ3) is 6.94. The van der Waals surface area contributed by atoms with Gasteiger partial charge in [0, 0.05) is 43.9 Å². The van der Waals surface area contributed by atoms with Gasteiger partial charge in [0.25, 0.3) is 0 Å². The fourth-order valence-corrected chi connectivity index (χ4v) is 5.36. The number of carbonyl (C=O) groups is 1. The summed E-state index contributed by atoms with van der Waals surface area (Å²) < 4.78 is 56.2. The molecule has 0 bridgehead atoms. The van der Waals surface area contributed by atoms with Gasteiger partial charge in [-0.3, -0.25) is 0 Å². The van der Waals surface area contributed by atoms with E-state index < -0.39 is 23.5 Å². The first-order chi connectivity index (χ1) is 20.6. The molecule has 13 heteroatoms. The van der Waals surface area contributed by atoms with Crippen molar-refractivity contribution in [3.8, 4) is 11.3 Å². The standard InChI is InChI=1S/C30H31F4N7O2/c31-23-7-6-21(16-22(23)30(32,33)34)24-17-41(15-12-36-11-8-19-4-2-1-3-5-19)27(39-24)20-9-13-40(14-10-20)28-25(29(42)43)26(35)37-18-38-28/h1-7,16-18,20,36H,8-15H2,(H,42,43)(H2,35,37,38). The van der Waals surface area contributed by atoms with Crippen LogP contribution in [-0.2, 0) is 19.1 Å². The zero-order valence-electron chi connectivity index (χ0n) is 23.2. The summed E-state index contributed by atoms with van der Waals surface area (Å²) in [5.41, 5.74) is 6.02. The molecule has 1 fully saturated rings. The lowest BCUT2D eigenvalue weighted by molar-refractivity contribution is -0.139. The zero-order chi connectivity index (χ0) is 30.6. The van der Waals surface area contributed by atoms with E-state index in [1.165, 1.54) is 18.0 Å². The van der Waals surface area contributed by atoms with Crippen LogP contribution in [0.15, 0.2) is 61.1 Å². The SMILES string of the molecule is Nc1ncnc(N2CCC(c3nc(-c4ccc(F)c(C(F)(F)F)c4)cn3CCNCCc3ccccc3)CC2)c1C(=O)O. The van der Waals surface area contributed by atoms with E-state index in [4.69, 9.17) is 10.7 Å². The fraction of sp³-hybridized carbons (Fsp3) is 0.333. The Kier molecular flexibility index (Phi) is 8.90. The quantitative estimate of drug-likeness (QED) is 0.173. The lowest BCUT2D eigenvalue weighted by Crippen LogP contribution is -2.36. The molecule has 0 saturated carbocycles. The molecule has 0 radical (unpaired) electrons. The van der Waals surface area contributed by atoms with Crippen LogP contribution in [0.2, 0.25) is 0 Å². The molecule has 1 aliphatic rings. The second kappa shape index (κ2) is 12.8. The third-order valence-electron chi connectivity index (χ3n) is 7.57. The number of hydrogen-bond acceptors (Lipinski definition) is 7. The molecule has 3 heterocycles. The van der Waals surface area contributed by atoms with Gasteiger partial charge in [0.05, 0.1) is 11.3 Å². The first-order valence-electron chi connectivity index (χ1n) is 13.9. The molecular formula is C30H31F4N7O2. The molecule has 4 aromatic rings. The number of piperidine rings is 1. The molecule has 2 aromatic heterocycles. The van der Waals surface area contributed by atoms with E-state index in [9.17, 15) is 27.5 Å². The van der Waals surface area contributed by atoms with E-state index in [0.29, 0.717) is 50.5 Å². The molecular weight excluding hydrogens is 566 g/mol. The van der Waals surface area contributed by atoms with Crippen LogP contribution in [0.5, 0.6) is 0 Å². The summed E-state index contributed by atoms with van der Waals surface area (Å²) in [6.45, 7) is 2.81. The number of aromatic carboxylic acids is 1. The Morgan fingerprint density at radius 2 is 1.81 bits per heavy atom. The highest BCUT2D eigenvalue weighted by Gasteiger charge is 2.35. The van der Waals surface area contributed by atoms with Crippen LogP contribution in [0, 0.1) is 5.82 Å². The summed E-state index contributed by atoms with van der Waals surface area (Å²) in [6, 6.07) is 13.0. The molecule has 5 rings (SSSR count). The average Bonchev–Trinajstić information content (AvgIpc) is 3.41. The first-order valence-corrected chi connectivity index (χ1v) is 13.9. The number of rotatable bonds is 10. The van der Waals surface area contributed by atoms with Gasteiger partial charge in [-0.2, -0.15) is 13.2 Å². The number of carboxylic acids is 1. The van der Waals surface area contributed by atoms with Crippen molar-refractivity contribution in [2.24, 2.45) is 0 Å². The van der Waals surface area contributed by atoms with Gasteiger partial charge >= 0.3 is 12.1 Å². The molecule has 1 saturated heterocycles. The van der Waals surface area contributed by atoms with Crippen LogP contribution in [0.1, 0.15) is 46.1 Å². The number of nitrogens with two attached hydrogens (primary N) is 1. The van der Waals surface area contributed by atoms with Crippen LogP contribution in [0.25, 0.3) is 11.3 Å². The fourth-order valence-electron chi connectivity index (χ4n) is 5.36. The second-order valence-corrected chi connectivity index (χ2v) is 10.4. The normalized spacial score (nSPS) is 14.3. The van der Waals surface area contributed by atoms with Crippen molar-refractivity contribution < 1.29 is 27.5 Å². The topological polar surface area (TPSA) is 122 Å². The van der Waals surface area contributed by atoms with Crippen LogP contribution < -0.4 is 16.0 Å². The average molecular weight is 598 g/mol. The Morgan fingerprint density at radius 1 is 1.07 bits per heavy atom. The maximum absolute atomic E-state index is 14.0. The van der Waals surface area contributed by atoms with E-state index >= 15 is 0 Å². The van der Waals surface area contributed by atoms with Crippen LogP contribution in [-0.4, -0.2) is 56.8 Å². The van der Waals surface area contributed by atoms with E-state index in [2.05, 4.69) is 27.4 Å². The molecule has 0 spiro atoms. The van der Waals surface area contributed by atoms with E-state index in [1.807, 2.05) is 27.7 Å². The molecule has 0 amide bonds. The molecule has 43 heavy (non-hydrogen) atoms. The highest BCUT2D eigenvalue weighted by Crippen LogP contribution is 2.36. The summed E-state index contributed by atoms with van der Waals surface area (Å²) in [4.78, 5) is 26.3. The maximum Gasteiger partial charge on any atom is 0.419 e. The van der Waals surface area contributed by atoms with Gasteiger partial charge in [-0.15, -0.1) is 0 Å². The number of nitrogen functional groups attached to an aromatic ring is 1. The van der Waals surface area contributed by atoms with Gasteiger partial charge in [-0.1, -0.05) is 30.3 Å². The first kappa shape index (κ1) is 30.0. The molecule has 226 valence electrons. The van der Waals surface area contributed by atoms with Crippen molar-refractivity contribution in [2.45, 2.75) is 37.9 Å². The van der Waals surface area contributed by atoms with Crippen molar-refractivity contribution in [1.82, 2.24) is 24.8 Å². The van der Waals surface area contributed by atoms with Crippen molar-refractivity contribution in [3.63, 3.8) is 0 Å². The molecule has 9 nitrogen and oxygen atoms in total. The monoisotopic (exact) mass is 597 g/mol. The number of carboxylic acid groups (broad SMARTS) is 1.